The number of amides is 1. The number of aromatic nitrogens is 4. The third kappa shape index (κ3) is 3.64. The van der Waals surface area contributed by atoms with E-state index in [9.17, 15) is 9.59 Å². The minimum atomic E-state index is -0.995. The molecule has 1 fully saturated rings. The number of H-pyrrole nitrogens is 1. The summed E-state index contributed by atoms with van der Waals surface area (Å²) >= 11 is 0. The third-order valence-corrected chi connectivity index (χ3v) is 4.58. The van der Waals surface area contributed by atoms with Crippen molar-refractivity contribution < 1.29 is 14.7 Å². The Morgan fingerprint density at radius 1 is 1.30 bits per heavy atom. The van der Waals surface area contributed by atoms with Crippen molar-refractivity contribution in [2.75, 3.05) is 0 Å². The summed E-state index contributed by atoms with van der Waals surface area (Å²) in [4.78, 5) is 32.5. The van der Waals surface area contributed by atoms with E-state index in [2.05, 4.69) is 25.5 Å². The second-order valence-corrected chi connectivity index (χ2v) is 6.79. The molecule has 1 unspecified atom stereocenters. The molecule has 3 N–H and O–H groups in total. The lowest BCUT2D eigenvalue weighted by Gasteiger charge is -2.13. The first kappa shape index (κ1) is 17.1. The summed E-state index contributed by atoms with van der Waals surface area (Å²) in [6.07, 6.45) is 1.96. The van der Waals surface area contributed by atoms with Crippen molar-refractivity contribution in [1.29, 1.82) is 0 Å². The molecule has 0 bridgehead atoms. The molecule has 1 aromatic carbocycles. The van der Waals surface area contributed by atoms with Crippen molar-refractivity contribution in [1.82, 2.24) is 25.5 Å². The molecule has 2 aromatic heterocycles. The van der Waals surface area contributed by atoms with Crippen LogP contribution in [0.15, 0.2) is 30.3 Å². The molecule has 8 heteroatoms. The van der Waals surface area contributed by atoms with Gasteiger partial charge in [-0.3, -0.25) is 19.7 Å². The number of carbonyl (C=O) groups is 2. The Bertz CT molecular complexity index is 1030. The second-order valence-electron chi connectivity index (χ2n) is 6.79. The van der Waals surface area contributed by atoms with Crippen LogP contribution in [0.5, 0.6) is 0 Å². The van der Waals surface area contributed by atoms with Gasteiger partial charge >= 0.3 is 5.97 Å². The molecule has 0 radical (unpaired) electrons. The van der Waals surface area contributed by atoms with E-state index in [1.807, 2.05) is 30.3 Å². The van der Waals surface area contributed by atoms with E-state index in [1.54, 1.807) is 6.92 Å². The number of carboxylic acid groups (broad SMARTS) is 1. The summed E-state index contributed by atoms with van der Waals surface area (Å²) < 4.78 is 0. The van der Waals surface area contributed by atoms with Crippen LogP contribution in [0.25, 0.3) is 10.9 Å². The average molecular weight is 365 g/mol. The Morgan fingerprint density at radius 3 is 2.81 bits per heavy atom. The van der Waals surface area contributed by atoms with E-state index >= 15 is 0 Å². The lowest BCUT2D eigenvalue weighted by molar-refractivity contribution is -0.136. The van der Waals surface area contributed by atoms with Gasteiger partial charge in [-0.2, -0.15) is 5.10 Å². The maximum Gasteiger partial charge on any atom is 0.311 e. The summed E-state index contributed by atoms with van der Waals surface area (Å²) in [7, 11) is 0. The quantitative estimate of drug-likeness (QED) is 0.616. The van der Waals surface area contributed by atoms with Gasteiger partial charge in [-0.05, 0) is 31.9 Å². The molecule has 4 rings (SSSR count). The molecule has 27 heavy (non-hydrogen) atoms. The van der Waals surface area contributed by atoms with Crippen LogP contribution in [0.2, 0.25) is 0 Å². The number of carbonyl (C=O) groups excluding carboxylic acids is 1. The number of rotatable bonds is 6. The van der Waals surface area contributed by atoms with Crippen LogP contribution >= 0.6 is 0 Å². The van der Waals surface area contributed by atoms with E-state index in [1.165, 1.54) is 0 Å². The monoisotopic (exact) mass is 365 g/mol. The maximum atomic E-state index is 12.9. The van der Waals surface area contributed by atoms with Crippen LogP contribution in [0, 0.1) is 0 Å². The third-order valence-electron chi connectivity index (χ3n) is 4.58. The summed E-state index contributed by atoms with van der Waals surface area (Å²) in [5, 5.41) is 19.1. The van der Waals surface area contributed by atoms with Gasteiger partial charge in [-0.25, -0.2) is 4.98 Å². The molecule has 0 saturated heterocycles. The minimum absolute atomic E-state index is 0.229. The highest BCUT2D eigenvalue weighted by Gasteiger charge is 2.27. The number of aromatic amines is 1. The molecule has 3 aromatic rings. The fourth-order valence-corrected chi connectivity index (χ4v) is 3.04. The minimum Gasteiger partial charge on any atom is -0.481 e. The molecular formula is C19H19N5O3. The molecular weight excluding hydrogens is 346 g/mol. The topological polar surface area (TPSA) is 121 Å². The normalized spacial score (nSPS) is 14.9. The predicted molar refractivity (Wildman–Crippen MR) is 97.3 cm³/mol. The molecule has 138 valence electrons. The average Bonchev–Trinajstić information content (AvgIpc) is 3.39. The molecule has 1 aliphatic rings. The molecule has 1 aliphatic carbocycles. The number of hydrogen-bond donors (Lipinski definition) is 3. The molecule has 2 heterocycles. The van der Waals surface area contributed by atoms with Crippen molar-refractivity contribution >= 4 is 22.8 Å². The lowest BCUT2D eigenvalue weighted by Crippen LogP contribution is -2.28. The summed E-state index contributed by atoms with van der Waals surface area (Å²) in [6.45, 7) is 1.76. The molecule has 0 aliphatic heterocycles. The Morgan fingerprint density at radius 2 is 2.07 bits per heavy atom. The molecule has 0 spiro atoms. The number of carboxylic acids is 1. The van der Waals surface area contributed by atoms with Crippen molar-refractivity contribution in [3.63, 3.8) is 0 Å². The van der Waals surface area contributed by atoms with E-state index < -0.39 is 12.0 Å². The van der Waals surface area contributed by atoms with Crippen LogP contribution in [-0.4, -0.2) is 37.1 Å². The summed E-state index contributed by atoms with van der Waals surface area (Å²) in [5.41, 5.74) is 2.34. The number of hydrogen-bond acceptors (Lipinski definition) is 5. The van der Waals surface area contributed by atoms with Crippen molar-refractivity contribution in [2.45, 2.75) is 38.1 Å². The van der Waals surface area contributed by atoms with Gasteiger partial charge in [-0.15, -0.1) is 0 Å². The van der Waals surface area contributed by atoms with Crippen LogP contribution in [0.1, 0.15) is 59.4 Å². The predicted octanol–water partition coefficient (Wildman–Crippen LogP) is 2.35. The van der Waals surface area contributed by atoms with Gasteiger partial charge in [-0.1, -0.05) is 18.2 Å². The van der Waals surface area contributed by atoms with Gasteiger partial charge in [0.1, 0.15) is 12.2 Å². The Kier molecular flexibility index (Phi) is 4.31. The second kappa shape index (κ2) is 6.79. The molecule has 8 nitrogen and oxygen atoms in total. The first-order valence-electron chi connectivity index (χ1n) is 8.85. The van der Waals surface area contributed by atoms with E-state index in [0.717, 1.165) is 29.4 Å². The van der Waals surface area contributed by atoms with Gasteiger partial charge in [0.2, 0.25) is 0 Å². The Hall–Kier alpha value is -3.29. The first-order chi connectivity index (χ1) is 13.0. The van der Waals surface area contributed by atoms with Crippen LogP contribution in [0.4, 0.5) is 0 Å². The Balaban J connectivity index is 1.59. The zero-order valence-corrected chi connectivity index (χ0v) is 14.8. The number of nitrogens with one attached hydrogen (secondary N) is 2. The van der Waals surface area contributed by atoms with Gasteiger partial charge in [0.25, 0.3) is 5.91 Å². The fourth-order valence-electron chi connectivity index (χ4n) is 3.04. The van der Waals surface area contributed by atoms with Crippen molar-refractivity contribution in [2.24, 2.45) is 0 Å². The van der Waals surface area contributed by atoms with Gasteiger partial charge < -0.3 is 10.4 Å². The van der Waals surface area contributed by atoms with Gasteiger partial charge in [0, 0.05) is 17.0 Å². The van der Waals surface area contributed by atoms with E-state index in [0.29, 0.717) is 17.3 Å². The van der Waals surface area contributed by atoms with Crippen LogP contribution < -0.4 is 5.32 Å². The number of aliphatic carboxylic acids is 1. The maximum absolute atomic E-state index is 12.9. The zero-order chi connectivity index (χ0) is 19.0. The first-order valence-corrected chi connectivity index (χ1v) is 8.85. The highest BCUT2D eigenvalue weighted by Crippen LogP contribution is 2.40. The molecule has 1 saturated carbocycles. The SMILES string of the molecule is CC(NC(=O)c1cc(C2CC2)nc2ccccc12)c1n[nH]c(CC(=O)O)n1. The van der Waals surface area contributed by atoms with Crippen molar-refractivity contribution in [3.05, 3.63) is 53.2 Å². The number of fused-ring (bicyclic) bond motifs is 1. The molecule has 1 amide bonds. The zero-order valence-electron chi connectivity index (χ0n) is 14.8. The molecule has 1 atom stereocenters. The fraction of sp³-hybridized carbons (Fsp3) is 0.316. The highest BCUT2D eigenvalue weighted by atomic mass is 16.4. The number of pyridine rings is 1. The number of para-hydroxylation sites is 1. The van der Waals surface area contributed by atoms with Crippen LogP contribution in [-0.2, 0) is 11.2 Å². The standard InChI is InChI=1S/C19H19N5O3/c1-10(18-22-16(23-24-18)9-17(25)26)20-19(27)13-8-15(11-6-7-11)21-14-5-3-2-4-12(13)14/h2-5,8,10-11H,6-7,9H2,1H3,(H,20,27)(H,25,26)(H,22,23,24). The Labute approximate surface area is 155 Å². The lowest BCUT2D eigenvalue weighted by atomic mass is 10.0. The highest BCUT2D eigenvalue weighted by molar-refractivity contribution is 6.06. The van der Waals surface area contributed by atoms with Crippen molar-refractivity contribution in [3.8, 4) is 0 Å². The van der Waals surface area contributed by atoms with Gasteiger partial charge in [0.05, 0.1) is 17.1 Å². The van der Waals surface area contributed by atoms with Crippen LogP contribution in [0.3, 0.4) is 0 Å². The number of benzene rings is 1. The summed E-state index contributed by atoms with van der Waals surface area (Å²) in [5.74, 6) is -0.188. The van der Waals surface area contributed by atoms with Gasteiger partial charge in [0.15, 0.2) is 5.82 Å². The summed E-state index contributed by atoms with van der Waals surface area (Å²) in [6, 6.07) is 9.00. The number of nitrogens with zero attached hydrogens (tertiary/aromatic N) is 3. The van der Waals surface area contributed by atoms with E-state index in [4.69, 9.17) is 5.11 Å². The van der Waals surface area contributed by atoms with E-state index in [-0.39, 0.29) is 18.2 Å². The smallest absolute Gasteiger partial charge is 0.311 e. The largest absolute Gasteiger partial charge is 0.481 e.